The minimum Gasteiger partial charge on any atom is -0.308 e. The van der Waals surface area contributed by atoms with Gasteiger partial charge in [-0.25, -0.2) is 10.8 Å². The predicted molar refractivity (Wildman–Crippen MR) is 55.3 cm³/mol. The van der Waals surface area contributed by atoms with E-state index in [9.17, 15) is 0 Å². The Bertz CT molecular complexity index is 396. The van der Waals surface area contributed by atoms with Crippen LogP contribution in [-0.2, 0) is 0 Å². The van der Waals surface area contributed by atoms with Crippen LogP contribution in [0.2, 0.25) is 0 Å². The smallest absolute Gasteiger partial charge is 0.139 e. The van der Waals surface area contributed by atoms with E-state index in [4.69, 9.17) is 5.84 Å². The van der Waals surface area contributed by atoms with Gasteiger partial charge in [0.25, 0.3) is 0 Å². The molecule has 0 atom stereocenters. The van der Waals surface area contributed by atoms with Gasteiger partial charge in [0, 0.05) is 18.0 Å². The van der Waals surface area contributed by atoms with E-state index in [0.717, 1.165) is 11.3 Å². The van der Waals surface area contributed by atoms with Crippen LogP contribution in [0.1, 0.15) is 0 Å². The number of anilines is 1. The van der Waals surface area contributed by atoms with Crippen LogP contribution in [0, 0.1) is 0 Å². The van der Waals surface area contributed by atoms with Crippen LogP contribution in [0.5, 0.6) is 0 Å². The van der Waals surface area contributed by atoms with E-state index in [0.29, 0.717) is 5.82 Å². The summed E-state index contributed by atoms with van der Waals surface area (Å²) in [5.41, 5.74) is 4.36. The van der Waals surface area contributed by atoms with Gasteiger partial charge in [0.2, 0.25) is 0 Å². The molecule has 0 unspecified atom stereocenters. The lowest BCUT2D eigenvalue weighted by Gasteiger charge is -2.01. The summed E-state index contributed by atoms with van der Waals surface area (Å²) in [6.07, 6.45) is 3.49. The number of nitrogens with two attached hydrogens (primary N) is 1. The Morgan fingerprint density at radius 1 is 1.07 bits per heavy atom. The van der Waals surface area contributed by atoms with E-state index < -0.39 is 0 Å². The zero-order chi connectivity index (χ0) is 9.80. The molecule has 2 heterocycles. The molecule has 0 fully saturated rings. The largest absolute Gasteiger partial charge is 0.308 e. The van der Waals surface area contributed by atoms with Gasteiger partial charge < -0.3 is 5.43 Å². The highest BCUT2D eigenvalue weighted by atomic mass is 15.2. The lowest BCUT2D eigenvalue weighted by molar-refractivity contribution is 1.22. The van der Waals surface area contributed by atoms with Gasteiger partial charge in [-0.3, -0.25) is 4.98 Å². The molecule has 0 aliphatic carbocycles. The second kappa shape index (κ2) is 3.85. The summed E-state index contributed by atoms with van der Waals surface area (Å²) < 4.78 is 0. The third kappa shape index (κ3) is 1.70. The molecule has 0 bridgehead atoms. The molecule has 0 amide bonds. The molecule has 0 radical (unpaired) electrons. The first-order valence-electron chi connectivity index (χ1n) is 4.24. The average molecular weight is 186 g/mol. The van der Waals surface area contributed by atoms with Gasteiger partial charge >= 0.3 is 0 Å². The van der Waals surface area contributed by atoms with Crippen molar-refractivity contribution in [1.82, 2.24) is 9.97 Å². The Hall–Kier alpha value is -1.94. The standard InChI is InChI=1S/C10H10N4/c11-14-10-5-4-8(7-13-10)9-3-1-2-6-12-9/h1-7H,11H2,(H,13,14). The maximum atomic E-state index is 5.21. The zero-order valence-electron chi connectivity index (χ0n) is 7.51. The van der Waals surface area contributed by atoms with E-state index in [1.807, 2.05) is 30.3 Å². The number of pyridine rings is 2. The maximum absolute atomic E-state index is 5.21. The van der Waals surface area contributed by atoms with Crippen LogP contribution < -0.4 is 11.3 Å². The highest BCUT2D eigenvalue weighted by Crippen LogP contribution is 2.15. The Labute approximate surface area is 81.8 Å². The molecule has 0 spiro atoms. The van der Waals surface area contributed by atoms with Gasteiger partial charge in [-0.15, -0.1) is 0 Å². The molecule has 4 nitrogen and oxygen atoms in total. The Morgan fingerprint density at radius 3 is 2.57 bits per heavy atom. The second-order valence-electron chi connectivity index (χ2n) is 2.79. The van der Waals surface area contributed by atoms with Crippen LogP contribution in [0.4, 0.5) is 5.82 Å². The Morgan fingerprint density at radius 2 is 2.00 bits per heavy atom. The summed E-state index contributed by atoms with van der Waals surface area (Å²) in [6, 6.07) is 9.49. The van der Waals surface area contributed by atoms with E-state index in [-0.39, 0.29) is 0 Å². The molecule has 3 N–H and O–H groups in total. The molecule has 0 saturated heterocycles. The van der Waals surface area contributed by atoms with E-state index in [1.54, 1.807) is 12.4 Å². The van der Waals surface area contributed by atoms with Gasteiger partial charge in [-0.05, 0) is 24.3 Å². The molecule has 2 aromatic rings. The molecule has 14 heavy (non-hydrogen) atoms. The summed E-state index contributed by atoms with van der Waals surface area (Å²) in [7, 11) is 0. The summed E-state index contributed by atoms with van der Waals surface area (Å²) in [5, 5.41) is 0. The average Bonchev–Trinajstić information content (AvgIpc) is 2.30. The van der Waals surface area contributed by atoms with Gasteiger partial charge in [0.1, 0.15) is 5.82 Å². The van der Waals surface area contributed by atoms with Gasteiger partial charge in [-0.1, -0.05) is 6.07 Å². The predicted octanol–water partition coefficient (Wildman–Crippen LogP) is 1.43. The lowest BCUT2D eigenvalue weighted by Crippen LogP contribution is -2.07. The number of hydrazine groups is 1. The summed E-state index contributed by atoms with van der Waals surface area (Å²) in [4.78, 5) is 8.31. The molecule has 2 rings (SSSR count). The minimum absolute atomic E-state index is 0.643. The van der Waals surface area contributed by atoms with Crippen molar-refractivity contribution in [2.75, 3.05) is 5.43 Å². The highest BCUT2D eigenvalue weighted by molar-refractivity contribution is 5.59. The number of nitrogens with one attached hydrogen (secondary N) is 1. The van der Waals surface area contributed by atoms with Crippen molar-refractivity contribution < 1.29 is 0 Å². The normalized spacial score (nSPS) is 9.79. The first kappa shape index (κ1) is 8.65. The van der Waals surface area contributed by atoms with Gasteiger partial charge in [0.15, 0.2) is 0 Å². The topological polar surface area (TPSA) is 63.8 Å². The molecule has 0 saturated carbocycles. The third-order valence-corrected chi connectivity index (χ3v) is 1.87. The molecule has 0 aromatic carbocycles. The molecule has 70 valence electrons. The first-order valence-corrected chi connectivity index (χ1v) is 4.24. The van der Waals surface area contributed by atoms with Crippen LogP contribution in [0.3, 0.4) is 0 Å². The zero-order valence-corrected chi connectivity index (χ0v) is 7.51. The van der Waals surface area contributed by atoms with Gasteiger partial charge in [0.05, 0.1) is 5.69 Å². The Kier molecular flexibility index (Phi) is 2.38. The van der Waals surface area contributed by atoms with Crippen molar-refractivity contribution in [1.29, 1.82) is 0 Å². The van der Waals surface area contributed by atoms with Crippen molar-refractivity contribution in [3.63, 3.8) is 0 Å². The van der Waals surface area contributed by atoms with Crippen molar-refractivity contribution in [3.8, 4) is 11.3 Å². The molecular weight excluding hydrogens is 176 g/mol. The van der Waals surface area contributed by atoms with Crippen molar-refractivity contribution in [2.24, 2.45) is 5.84 Å². The molecule has 2 aromatic heterocycles. The van der Waals surface area contributed by atoms with E-state index >= 15 is 0 Å². The monoisotopic (exact) mass is 186 g/mol. The number of hydrogen-bond donors (Lipinski definition) is 2. The highest BCUT2D eigenvalue weighted by Gasteiger charge is 1.97. The number of nitrogen functional groups attached to an aromatic ring is 1. The molecule has 4 heteroatoms. The number of rotatable bonds is 2. The minimum atomic E-state index is 0.643. The number of nitrogens with zero attached hydrogens (tertiary/aromatic N) is 2. The van der Waals surface area contributed by atoms with Crippen molar-refractivity contribution >= 4 is 5.82 Å². The fourth-order valence-electron chi connectivity index (χ4n) is 1.16. The van der Waals surface area contributed by atoms with Crippen LogP contribution >= 0.6 is 0 Å². The second-order valence-corrected chi connectivity index (χ2v) is 2.79. The lowest BCUT2D eigenvalue weighted by atomic mass is 10.2. The summed E-state index contributed by atoms with van der Waals surface area (Å²) >= 11 is 0. The van der Waals surface area contributed by atoms with E-state index in [2.05, 4.69) is 15.4 Å². The van der Waals surface area contributed by atoms with E-state index in [1.165, 1.54) is 0 Å². The van der Waals surface area contributed by atoms with Gasteiger partial charge in [-0.2, -0.15) is 0 Å². The van der Waals surface area contributed by atoms with Crippen LogP contribution in [0.15, 0.2) is 42.7 Å². The van der Waals surface area contributed by atoms with Crippen LogP contribution in [0.25, 0.3) is 11.3 Å². The third-order valence-electron chi connectivity index (χ3n) is 1.87. The molecule has 0 aliphatic heterocycles. The first-order chi connectivity index (χ1) is 6.90. The number of hydrogen-bond acceptors (Lipinski definition) is 4. The molecular formula is C10H10N4. The maximum Gasteiger partial charge on any atom is 0.139 e. The van der Waals surface area contributed by atoms with Crippen molar-refractivity contribution in [3.05, 3.63) is 42.7 Å². The fraction of sp³-hybridized carbons (Fsp3) is 0. The fourth-order valence-corrected chi connectivity index (χ4v) is 1.16. The SMILES string of the molecule is NNc1ccc(-c2ccccn2)cn1. The van der Waals surface area contributed by atoms with Crippen molar-refractivity contribution in [2.45, 2.75) is 0 Å². The quantitative estimate of drug-likeness (QED) is 0.550. The molecule has 0 aliphatic rings. The van der Waals surface area contributed by atoms with Crippen LogP contribution in [-0.4, -0.2) is 9.97 Å². The summed E-state index contributed by atoms with van der Waals surface area (Å²) in [5.74, 6) is 5.85. The number of aromatic nitrogens is 2. The summed E-state index contributed by atoms with van der Waals surface area (Å²) in [6.45, 7) is 0. The Balaban J connectivity index is 2.34.